The van der Waals surface area contributed by atoms with Gasteiger partial charge in [-0.25, -0.2) is 0 Å². The molecule has 0 saturated heterocycles. The van der Waals surface area contributed by atoms with Gasteiger partial charge in [-0.1, -0.05) is 17.7 Å². The van der Waals surface area contributed by atoms with Gasteiger partial charge in [-0.15, -0.1) is 0 Å². The van der Waals surface area contributed by atoms with Gasteiger partial charge in [0.2, 0.25) is 0 Å². The predicted molar refractivity (Wildman–Crippen MR) is 69.9 cm³/mol. The van der Waals surface area contributed by atoms with Crippen molar-refractivity contribution >= 4 is 0 Å². The Morgan fingerprint density at radius 2 is 1.94 bits per heavy atom. The van der Waals surface area contributed by atoms with Crippen LogP contribution in [0.15, 0.2) is 18.2 Å². The molecule has 18 heavy (non-hydrogen) atoms. The van der Waals surface area contributed by atoms with Crippen LogP contribution in [0.4, 0.5) is 0 Å². The Morgan fingerprint density at radius 3 is 2.56 bits per heavy atom. The summed E-state index contributed by atoms with van der Waals surface area (Å²) in [5, 5.41) is 17.8. The highest BCUT2D eigenvalue weighted by Gasteiger charge is 2.08. The van der Waals surface area contributed by atoms with E-state index in [1.807, 2.05) is 32.9 Å². The molecule has 0 fully saturated rings. The summed E-state index contributed by atoms with van der Waals surface area (Å²) in [7, 11) is 0. The molecule has 4 nitrogen and oxygen atoms in total. The van der Waals surface area contributed by atoms with Crippen LogP contribution in [-0.4, -0.2) is 42.2 Å². The van der Waals surface area contributed by atoms with Crippen LogP contribution < -0.4 is 4.74 Å². The van der Waals surface area contributed by atoms with Gasteiger partial charge >= 0.3 is 0 Å². The van der Waals surface area contributed by atoms with Crippen molar-refractivity contribution in [2.75, 3.05) is 19.8 Å². The van der Waals surface area contributed by atoms with Crippen LogP contribution in [0.5, 0.6) is 5.75 Å². The van der Waals surface area contributed by atoms with Crippen LogP contribution in [0.3, 0.4) is 0 Å². The molecule has 102 valence electrons. The minimum atomic E-state index is -0.821. The average Bonchev–Trinajstić information content (AvgIpc) is 2.32. The first-order valence-electron chi connectivity index (χ1n) is 6.13. The molecular weight excluding hydrogens is 232 g/mol. The quantitative estimate of drug-likeness (QED) is 0.773. The third-order valence-electron chi connectivity index (χ3n) is 2.53. The van der Waals surface area contributed by atoms with Crippen LogP contribution >= 0.6 is 0 Å². The summed E-state index contributed by atoms with van der Waals surface area (Å²) in [6.45, 7) is 6.17. The molecule has 2 N–H and O–H groups in total. The lowest BCUT2D eigenvalue weighted by Crippen LogP contribution is -2.25. The number of hydrogen-bond donors (Lipinski definition) is 2. The number of hydrogen-bond acceptors (Lipinski definition) is 4. The second kappa shape index (κ2) is 7.36. The second-order valence-electron chi connectivity index (χ2n) is 4.57. The van der Waals surface area contributed by atoms with Gasteiger partial charge in [-0.05, 0) is 32.4 Å². The zero-order valence-corrected chi connectivity index (χ0v) is 11.2. The molecule has 2 atom stereocenters. The smallest absolute Gasteiger partial charge is 0.122 e. The molecule has 1 aromatic carbocycles. The molecule has 1 rings (SSSR count). The van der Waals surface area contributed by atoms with E-state index in [9.17, 15) is 0 Å². The largest absolute Gasteiger partial charge is 0.488 e. The van der Waals surface area contributed by atoms with Crippen LogP contribution in [-0.2, 0) is 4.74 Å². The lowest BCUT2D eigenvalue weighted by atomic mass is 10.1. The van der Waals surface area contributed by atoms with E-state index in [1.54, 1.807) is 0 Å². The Balaban J connectivity index is 2.37. The van der Waals surface area contributed by atoms with E-state index < -0.39 is 6.10 Å². The Hall–Kier alpha value is -1.10. The van der Waals surface area contributed by atoms with Gasteiger partial charge in [0, 0.05) is 0 Å². The van der Waals surface area contributed by atoms with E-state index in [0.717, 1.165) is 11.3 Å². The number of benzene rings is 1. The number of ether oxygens (including phenoxy) is 2. The molecule has 4 heteroatoms. The highest BCUT2D eigenvalue weighted by atomic mass is 16.5. The minimum Gasteiger partial charge on any atom is -0.488 e. The van der Waals surface area contributed by atoms with Crippen molar-refractivity contribution in [2.45, 2.75) is 33.0 Å². The normalized spacial score (nSPS) is 14.3. The first-order chi connectivity index (χ1) is 8.52. The van der Waals surface area contributed by atoms with Gasteiger partial charge in [0.1, 0.15) is 18.0 Å². The molecule has 0 aliphatic rings. The van der Waals surface area contributed by atoms with Crippen molar-refractivity contribution in [3.63, 3.8) is 0 Å². The van der Waals surface area contributed by atoms with E-state index in [2.05, 4.69) is 6.07 Å². The van der Waals surface area contributed by atoms with Gasteiger partial charge in [0.05, 0.1) is 19.8 Å². The summed E-state index contributed by atoms with van der Waals surface area (Å²) < 4.78 is 11.0. The first-order valence-corrected chi connectivity index (χ1v) is 6.13. The number of aliphatic hydroxyl groups is 2. The Bertz CT molecular complexity index is 365. The maximum atomic E-state index is 9.12. The third-order valence-corrected chi connectivity index (χ3v) is 2.53. The first kappa shape index (κ1) is 15.0. The van der Waals surface area contributed by atoms with Crippen LogP contribution in [0.1, 0.15) is 18.1 Å². The molecule has 0 bridgehead atoms. The summed E-state index contributed by atoms with van der Waals surface area (Å²) in [5.41, 5.74) is 2.30. The van der Waals surface area contributed by atoms with E-state index in [4.69, 9.17) is 19.7 Å². The maximum Gasteiger partial charge on any atom is 0.122 e. The van der Waals surface area contributed by atoms with Gasteiger partial charge in [0.15, 0.2) is 0 Å². The third kappa shape index (κ3) is 5.04. The van der Waals surface area contributed by atoms with Crippen molar-refractivity contribution in [1.82, 2.24) is 0 Å². The molecular formula is C14H22O4. The molecule has 0 saturated carbocycles. The van der Waals surface area contributed by atoms with Crippen molar-refractivity contribution in [2.24, 2.45) is 0 Å². The van der Waals surface area contributed by atoms with Crippen molar-refractivity contribution < 1.29 is 19.7 Å². The highest BCUT2D eigenvalue weighted by Crippen LogP contribution is 2.20. The van der Waals surface area contributed by atoms with E-state index in [-0.39, 0.29) is 19.3 Å². The summed E-state index contributed by atoms with van der Waals surface area (Å²) >= 11 is 0. The second-order valence-corrected chi connectivity index (χ2v) is 4.57. The number of rotatable bonds is 7. The van der Waals surface area contributed by atoms with E-state index >= 15 is 0 Å². The zero-order valence-electron chi connectivity index (χ0n) is 11.2. The number of aliphatic hydroxyl groups excluding tert-OH is 2. The SMILES string of the molecule is Cc1ccc(OC(C)COCC(O)CO)c(C)c1. The molecule has 1 aromatic rings. The van der Waals surface area contributed by atoms with Gasteiger partial charge < -0.3 is 19.7 Å². The zero-order chi connectivity index (χ0) is 13.5. The molecule has 2 unspecified atom stereocenters. The average molecular weight is 254 g/mol. The molecule has 0 spiro atoms. The van der Waals surface area contributed by atoms with Crippen LogP contribution in [0.2, 0.25) is 0 Å². The molecule has 0 heterocycles. The Labute approximate surface area is 108 Å². The van der Waals surface area contributed by atoms with Gasteiger partial charge in [-0.3, -0.25) is 0 Å². The topological polar surface area (TPSA) is 58.9 Å². The lowest BCUT2D eigenvalue weighted by molar-refractivity contribution is -0.0155. The standard InChI is InChI=1S/C14H22O4/c1-10-4-5-14(11(2)6-10)18-12(3)8-17-9-13(16)7-15/h4-6,12-13,15-16H,7-9H2,1-3H3. The predicted octanol–water partition coefficient (Wildman–Crippen LogP) is 1.44. The molecule has 0 aromatic heterocycles. The fourth-order valence-corrected chi connectivity index (χ4v) is 1.61. The summed E-state index contributed by atoms with van der Waals surface area (Å²) in [4.78, 5) is 0. The summed E-state index contributed by atoms with van der Waals surface area (Å²) in [5.74, 6) is 0.847. The van der Waals surface area contributed by atoms with Gasteiger partial charge in [-0.2, -0.15) is 0 Å². The molecule has 0 radical (unpaired) electrons. The van der Waals surface area contributed by atoms with Crippen molar-refractivity contribution in [1.29, 1.82) is 0 Å². The number of aryl methyl sites for hydroxylation is 2. The van der Waals surface area contributed by atoms with E-state index in [1.165, 1.54) is 5.56 Å². The summed E-state index contributed by atoms with van der Waals surface area (Å²) in [6.07, 6.45) is -0.921. The fourth-order valence-electron chi connectivity index (χ4n) is 1.61. The highest BCUT2D eigenvalue weighted by molar-refractivity contribution is 5.35. The maximum absolute atomic E-state index is 9.12. The fraction of sp³-hybridized carbons (Fsp3) is 0.571. The molecule has 0 aliphatic heterocycles. The monoisotopic (exact) mass is 254 g/mol. The molecule has 0 amide bonds. The van der Waals surface area contributed by atoms with E-state index in [0.29, 0.717) is 6.61 Å². The Morgan fingerprint density at radius 1 is 1.22 bits per heavy atom. The van der Waals surface area contributed by atoms with Crippen LogP contribution in [0.25, 0.3) is 0 Å². The minimum absolute atomic E-state index is 0.0997. The van der Waals surface area contributed by atoms with Crippen LogP contribution in [0, 0.1) is 13.8 Å². The summed E-state index contributed by atoms with van der Waals surface area (Å²) in [6, 6.07) is 6.02. The van der Waals surface area contributed by atoms with Gasteiger partial charge in [0.25, 0.3) is 0 Å². The molecule has 0 aliphatic carbocycles. The Kier molecular flexibility index (Phi) is 6.12. The lowest BCUT2D eigenvalue weighted by Gasteiger charge is -2.17. The van der Waals surface area contributed by atoms with Crippen molar-refractivity contribution in [3.05, 3.63) is 29.3 Å². The van der Waals surface area contributed by atoms with Crippen molar-refractivity contribution in [3.8, 4) is 5.75 Å².